The highest BCUT2D eigenvalue weighted by molar-refractivity contribution is 5.72. The number of rotatable bonds is 1. The molecule has 0 fully saturated rings. The van der Waals surface area contributed by atoms with Gasteiger partial charge in [-0.1, -0.05) is 0 Å². The van der Waals surface area contributed by atoms with Crippen LogP contribution in [-0.4, -0.2) is 4.98 Å². The fourth-order valence-corrected chi connectivity index (χ4v) is 1.01. The molecule has 2 aromatic rings. The number of nitrogens with two attached hydrogens (primary N) is 1. The van der Waals surface area contributed by atoms with Gasteiger partial charge in [0.2, 0.25) is 0 Å². The Kier molecular flexibility index (Phi) is 1.36. The molecule has 2 aromatic heterocycles. The number of fused-ring (bicyclic) bond motifs is 1. The number of aromatic nitrogens is 1. The molecule has 0 aliphatic heterocycles. The standard InChI is InChI=1S/C8H8N2O/c9-5-6-1-2-8-7(10-6)3-4-11-8/h1-4H,5,9H2. The van der Waals surface area contributed by atoms with Gasteiger partial charge in [-0.2, -0.15) is 0 Å². The second-order valence-electron chi connectivity index (χ2n) is 2.31. The summed E-state index contributed by atoms with van der Waals surface area (Å²) in [6.45, 7) is 0.473. The first-order chi connectivity index (χ1) is 5.40. The minimum Gasteiger partial charge on any atom is -0.463 e. The van der Waals surface area contributed by atoms with E-state index in [9.17, 15) is 0 Å². The number of hydrogen-bond acceptors (Lipinski definition) is 3. The van der Waals surface area contributed by atoms with Gasteiger partial charge in [-0.05, 0) is 12.1 Å². The third-order valence-corrected chi connectivity index (χ3v) is 1.57. The summed E-state index contributed by atoms with van der Waals surface area (Å²) in [5, 5.41) is 0. The van der Waals surface area contributed by atoms with Crippen LogP contribution < -0.4 is 5.73 Å². The van der Waals surface area contributed by atoms with Crippen molar-refractivity contribution in [1.82, 2.24) is 4.98 Å². The van der Waals surface area contributed by atoms with Gasteiger partial charge in [0.15, 0.2) is 5.58 Å². The number of nitrogens with zero attached hydrogens (tertiary/aromatic N) is 1. The van der Waals surface area contributed by atoms with E-state index in [0.717, 1.165) is 16.8 Å². The lowest BCUT2D eigenvalue weighted by molar-refractivity contribution is 0.615. The number of hydrogen-bond donors (Lipinski definition) is 1. The largest absolute Gasteiger partial charge is 0.463 e. The van der Waals surface area contributed by atoms with Gasteiger partial charge in [-0.15, -0.1) is 0 Å². The van der Waals surface area contributed by atoms with Gasteiger partial charge in [0, 0.05) is 12.6 Å². The third-order valence-electron chi connectivity index (χ3n) is 1.57. The molecule has 0 atom stereocenters. The van der Waals surface area contributed by atoms with E-state index in [2.05, 4.69) is 4.98 Å². The fourth-order valence-electron chi connectivity index (χ4n) is 1.01. The van der Waals surface area contributed by atoms with E-state index in [1.54, 1.807) is 6.26 Å². The highest BCUT2D eigenvalue weighted by atomic mass is 16.3. The Bertz CT molecular complexity index is 367. The van der Waals surface area contributed by atoms with Gasteiger partial charge in [-0.25, -0.2) is 4.98 Å². The minimum absolute atomic E-state index is 0.473. The van der Waals surface area contributed by atoms with E-state index < -0.39 is 0 Å². The predicted octanol–water partition coefficient (Wildman–Crippen LogP) is 1.29. The Balaban J connectivity index is 2.67. The maximum absolute atomic E-state index is 5.42. The first-order valence-electron chi connectivity index (χ1n) is 3.43. The monoisotopic (exact) mass is 148 g/mol. The van der Waals surface area contributed by atoms with Gasteiger partial charge in [0.1, 0.15) is 5.52 Å². The molecule has 2 N–H and O–H groups in total. The molecular weight excluding hydrogens is 140 g/mol. The summed E-state index contributed by atoms with van der Waals surface area (Å²) in [7, 11) is 0. The first kappa shape index (κ1) is 6.37. The van der Waals surface area contributed by atoms with Crippen LogP contribution in [0.25, 0.3) is 11.1 Å². The smallest absolute Gasteiger partial charge is 0.152 e. The maximum Gasteiger partial charge on any atom is 0.152 e. The molecule has 11 heavy (non-hydrogen) atoms. The summed E-state index contributed by atoms with van der Waals surface area (Å²) in [5.74, 6) is 0. The fraction of sp³-hybridized carbons (Fsp3) is 0.125. The molecule has 3 heteroatoms. The van der Waals surface area contributed by atoms with Gasteiger partial charge >= 0.3 is 0 Å². The number of pyridine rings is 1. The zero-order chi connectivity index (χ0) is 7.68. The van der Waals surface area contributed by atoms with Crippen molar-refractivity contribution in [3.05, 3.63) is 30.2 Å². The molecular formula is C8H8N2O. The van der Waals surface area contributed by atoms with Crippen LogP contribution in [0, 0.1) is 0 Å². The maximum atomic E-state index is 5.42. The minimum atomic E-state index is 0.473. The van der Waals surface area contributed by atoms with E-state index in [1.165, 1.54) is 0 Å². The summed E-state index contributed by atoms with van der Waals surface area (Å²) in [5.41, 5.74) is 7.98. The molecule has 2 rings (SSSR count). The highest BCUT2D eigenvalue weighted by Crippen LogP contribution is 2.12. The molecule has 0 amide bonds. The zero-order valence-corrected chi connectivity index (χ0v) is 5.95. The SMILES string of the molecule is NCc1ccc2occc2n1. The van der Waals surface area contributed by atoms with Crippen molar-refractivity contribution in [2.45, 2.75) is 6.54 Å². The second kappa shape index (κ2) is 2.36. The van der Waals surface area contributed by atoms with E-state index in [0.29, 0.717) is 6.54 Å². The van der Waals surface area contributed by atoms with Crippen LogP contribution >= 0.6 is 0 Å². The van der Waals surface area contributed by atoms with Crippen LogP contribution in [0.3, 0.4) is 0 Å². The molecule has 0 saturated heterocycles. The summed E-state index contributed by atoms with van der Waals surface area (Å²) in [6.07, 6.45) is 1.62. The average Bonchev–Trinajstić information content (AvgIpc) is 2.50. The lowest BCUT2D eigenvalue weighted by Gasteiger charge is -1.93. The summed E-state index contributed by atoms with van der Waals surface area (Å²) in [6, 6.07) is 5.57. The molecule has 0 radical (unpaired) electrons. The van der Waals surface area contributed by atoms with Crippen LogP contribution in [0.1, 0.15) is 5.69 Å². The Hall–Kier alpha value is -1.35. The molecule has 3 nitrogen and oxygen atoms in total. The van der Waals surface area contributed by atoms with E-state index in [1.807, 2.05) is 18.2 Å². The Morgan fingerprint density at radius 1 is 1.36 bits per heavy atom. The van der Waals surface area contributed by atoms with E-state index in [-0.39, 0.29) is 0 Å². The summed E-state index contributed by atoms with van der Waals surface area (Å²) in [4.78, 5) is 4.23. The third kappa shape index (κ3) is 0.991. The molecule has 56 valence electrons. The van der Waals surface area contributed by atoms with Crippen LogP contribution in [0.4, 0.5) is 0 Å². The average molecular weight is 148 g/mol. The van der Waals surface area contributed by atoms with Crippen molar-refractivity contribution in [1.29, 1.82) is 0 Å². The Morgan fingerprint density at radius 3 is 3.09 bits per heavy atom. The highest BCUT2D eigenvalue weighted by Gasteiger charge is 1.97. The van der Waals surface area contributed by atoms with E-state index >= 15 is 0 Å². The van der Waals surface area contributed by atoms with Crippen molar-refractivity contribution >= 4 is 11.1 Å². The molecule has 0 saturated carbocycles. The van der Waals surface area contributed by atoms with E-state index in [4.69, 9.17) is 10.2 Å². The predicted molar refractivity (Wildman–Crippen MR) is 41.9 cm³/mol. The summed E-state index contributed by atoms with van der Waals surface area (Å²) < 4.78 is 5.11. The number of furan rings is 1. The lowest BCUT2D eigenvalue weighted by atomic mass is 10.3. The summed E-state index contributed by atoms with van der Waals surface area (Å²) >= 11 is 0. The van der Waals surface area contributed by atoms with Crippen molar-refractivity contribution in [3.63, 3.8) is 0 Å². The van der Waals surface area contributed by atoms with Gasteiger partial charge in [0.05, 0.1) is 12.0 Å². The van der Waals surface area contributed by atoms with Gasteiger partial charge in [-0.3, -0.25) is 0 Å². The first-order valence-corrected chi connectivity index (χ1v) is 3.43. The zero-order valence-electron chi connectivity index (χ0n) is 5.95. The molecule has 0 bridgehead atoms. The second-order valence-corrected chi connectivity index (χ2v) is 2.31. The molecule has 0 unspecified atom stereocenters. The molecule has 0 aliphatic carbocycles. The quantitative estimate of drug-likeness (QED) is 0.662. The Morgan fingerprint density at radius 2 is 2.27 bits per heavy atom. The van der Waals surface area contributed by atoms with Crippen LogP contribution in [-0.2, 0) is 6.54 Å². The van der Waals surface area contributed by atoms with Crippen molar-refractivity contribution < 1.29 is 4.42 Å². The van der Waals surface area contributed by atoms with Gasteiger partial charge < -0.3 is 10.2 Å². The van der Waals surface area contributed by atoms with Crippen molar-refractivity contribution in [3.8, 4) is 0 Å². The normalized spacial score (nSPS) is 10.6. The lowest BCUT2D eigenvalue weighted by Crippen LogP contribution is -1.98. The van der Waals surface area contributed by atoms with Crippen molar-refractivity contribution in [2.75, 3.05) is 0 Å². The molecule has 0 aromatic carbocycles. The van der Waals surface area contributed by atoms with Crippen LogP contribution in [0.2, 0.25) is 0 Å². The molecule has 2 heterocycles. The van der Waals surface area contributed by atoms with Crippen molar-refractivity contribution in [2.24, 2.45) is 5.73 Å². The Labute approximate surface area is 63.8 Å². The molecule has 0 aliphatic rings. The van der Waals surface area contributed by atoms with Gasteiger partial charge in [0.25, 0.3) is 0 Å². The topological polar surface area (TPSA) is 52.0 Å². The van der Waals surface area contributed by atoms with Crippen LogP contribution in [0.15, 0.2) is 28.9 Å². The van der Waals surface area contributed by atoms with Crippen LogP contribution in [0.5, 0.6) is 0 Å². The molecule has 0 spiro atoms.